The predicted molar refractivity (Wildman–Crippen MR) is 153 cm³/mol. The van der Waals surface area contributed by atoms with E-state index in [4.69, 9.17) is 14.8 Å². The Balaban J connectivity index is 1.31. The number of amides is 1. The van der Waals surface area contributed by atoms with Crippen molar-refractivity contribution in [2.45, 2.75) is 39.2 Å². The first-order valence-corrected chi connectivity index (χ1v) is 14.6. The van der Waals surface area contributed by atoms with E-state index in [0.29, 0.717) is 28.7 Å². The molecule has 0 radical (unpaired) electrons. The number of benzene rings is 1. The highest BCUT2D eigenvalue weighted by Gasteiger charge is 2.41. The Morgan fingerprint density at radius 1 is 1.33 bits per heavy atom. The summed E-state index contributed by atoms with van der Waals surface area (Å²) >= 11 is 5.11. The molecule has 3 N–H and O–H groups in total. The molecule has 204 valence electrons. The quantitative estimate of drug-likeness (QED) is 0.273. The van der Waals surface area contributed by atoms with Crippen molar-refractivity contribution in [2.75, 3.05) is 32.1 Å². The van der Waals surface area contributed by atoms with E-state index in [-0.39, 0.29) is 17.4 Å². The SMILES string of the molecule is CNC(=O)[C@]1(C)CC[C@@H](Nc2ncc3c(Br)nn(-c4ccc(-c5nnc(C)s5)c(OCC5CNC5)c4)c3n2)C1. The van der Waals surface area contributed by atoms with Crippen molar-refractivity contribution in [1.29, 1.82) is 0 Å². The zero-order chi connectivity index (χ0) is 27.1. The average molecular weight is 613 g/mol. The second-order valence-corrected chi connectivity index (χ2v) is 12.4. The third-order valence-electron chi connectivity index (χ3n) is 7.54. The highest BCUT2D eigenvalue weighted by molar-refractivity contribution is 9.10. The molecule has 1 aromatic carbocycles. The number of carbonyl (C=O) groups excluding carboxylic acids is 1. The van der Waals surface area contributed by atoms with Crippen LogP contribution in [0.15, 0.2) is 29.0 Å². The number of ether oxygens (including phenoxy) is 1. The topological polar surface area (TPSA) is 132 Å². The van der Waals surface area contributed by atoms with Crippen LogP contribution in [0.1, 0.15) is 31.2 Å². The average Bonchev–Trinajstić information content (AvgIpc) is 3.60. The number of rotatable bonds is 8. The lowest BCUT2D eigenvalue weighted by molar-refractivity contribution is -0.129. The number of hydrogen-bond acceptors (Lipinski definition) is 10. The van der Waals surface area contributed by atoms with Crippen LogP contribution in [0, 0.1) is 18.3 Å². The van der Waals surface area contributed by atoms with Crippen LogP contribution in [-0.2, 0) is 4.79 Å². The van der Waals surface area contributed by atoms with Crippen LogP contribution in [0.5, 0.6) is 5.75 Å². The van der Waals surface area contributed by atoms with Crippen LogP contribution in [0.2, 0.25) is 0 Å². The number of nitrogens with zero attached hydrogens (tertiary/aromatic N) is 6. The van der Waals surface area contributed by atoms with Gasteiger partial charge in [-0.3, -0.25) is 4.79 Å². The van der Waals surface area contributed by atoms with Crippen LogP contribution >= 0.6 is 27.3 Å². The van der Waals surface area contributed by atoms with Gasteiger partial charge in [-0.05, 0) is 54.2 Å². The third-order valence-corrected chi connectivity index (χ3v) is 8.99. The minimum absolute atomic E-state index is 0.0731. The summed E-state index contributed by atoms with van der Waals surface area (Å²) in [6.07, 6.45) is 4.18. The number of carbonyl (C=O) groups is 1. The maximum absolute atomic E-state index is 12.4. The normalized spacial score (nSPS) is 21.2. The van der Waals surface area contributed by atoms with Gasteiger partial charge in [-0.1, -0.05) is 18.3 Å². The molecule has 2 atom stereocenters. The Morgan fingerprint density at radius 2 is 2.18 bits per heavy atom. The summed E-state index contributed by atoms with van der Waals surface area (Å²) in [5, 5.41) is 25.3. The van der Waals surface area contributed by atoms with Gasteiger partial charge in [-0.25, -0.2) is 9.67 Å². The van der Waals surface area contributed by atoms with Crippen LogP contribution < -0.4 is 20.7 Å². The lowest BCUT2D eigenvalue weighted by Gasteiger charge is -2.27. The van der Waals surface area contributed by atoms with E-state index in [1.807, 2.05) is 32.0 Å². The third kappa shape index (κ3) is 5.10. The van der Waals surface area contributed by atoms with E-state index in [1.165, 1.54) is 11.3 Å². The minimum atomic E-state index is -0.388. The Hall–Kier alpha value is -3.16. The molecular weight excluding hydrogens is 582 g/mol. The summed E-state index contributed by atoms with van der Waals surface area (Å²) < 4.78 is 8.77. The van der Waals surface area contributed by atoms with Crippen molar-refractivity contribution >= 4 is 50.2 Å². The fraction of sp³-hybridized carbons (Fsp3) is 0.462. The van der Waals surface area contributed by atoms with Gasteiger partial charge in [0.2, 0.25) is 11.9 Å². The second kappa shape index (κ2) is 10.4. The lowest BCUT2D eigenvalue weighted by Crippen LogP contribution is -2.45. The van der Waals surface area contributed by atoms with Gasteiger partial charge in [0.1, 0.15) is 15.4 Å². The highest BCUT2D eigenvalue weighted by atomic mass is 79.9. The first-order valence-electron chi connectivity index (χ1n) is 13.0. The van der Waals surface area contributed by atoms with Gasteiger partial charge in [0.25, 0.3) is 0 Å². The number of nitrogens with one attached hydrogen (secondary N) is 3. The van der Waals surface area contributed by atoms with Crippen molar-refractivity contribution in [3.63, 3.8) is 0 Å². The molecule has 1 amide bonds. The zero-order valence-corrected chi connectivity index (χ0v) is 24.4. The number of fused-ring (bicyclic) bond motifs is 1. The molecular formula is C26H30BrN9O2S. The summed E-state index contributed by atoms with van der Waals surface area (Å²) in [7, 11) is 1.69. The smallest absolute Gasteiger partial charge is 0.225 e. The standard InChI is InChI=1S/C26H30BrN9O2S/c1-14-33-34-23(39-14)18-5-4-17(8-20(18)38-13-15-10-29-11-15)36-22-19(21(27)35-36)12-30-25(32-22)31-16-6-7-26(2,9-16)24(37)28-3/h4-5,8,12,15-16,29H,6-7,9-11,13H2,1-3H3,(H,28,37)(H,30,31,32)/t16-,26-/m1/s1. The molecule has 4 heterocycles. The molecule has 13 heteroatoms. The highest BCUT2D eigenvalue weighted by Crippen LogP contribution is 2.39. The molecule has 1 saturated heterocycles. The predicted octanol–water partition coefficient (Wildman–Crippen LogP) is 3.72. The van der Waals surface area contributed by atoms with E-state index >= 15 is 0 Å². The van der Waals surface area contributed by atoms with E-state index in [1.54, 1.807) is 17.9 Å². The monoisotopic (exact) mass is 611 g/mol. The molecule has 1 aliphatic heterocycles. The molecule has 3 aromatic heterocycles. The van der Waals surface area contributed by atoms with Crippen LogP contribution in [0.4, 0.5) is 5.95 Å². The maximum Gasteiger partial charge on any atom is 0.225 e. The lowest BCUT2D eigenvalue weighted by atomic mass is 9.87. The summed E-state index contributed by atoms with van der Waals surface area (Å²) in [4.78, 5) is 21.7. The largest absolute Gasteiger partial charge is 0.492 e. The molecule has 0 unspecified atom stereocenters. The van der Waals surface area contributed by atoms with Crippen molar-refractivity contribution in [2.24, 2.45) is 11.3 Å². The van der Waals surface area contributed by atoms with Crippen LogP contribution in [-0.4, -0.2) is 68.6 Å². The molecule has 6 rings (SSSR count). The summed E-state index contributed by atoms with van der Waals surface area (Å²) in [5.41, 5.74) is 2.00. The van der Waals surface area contributed by atoms with E-state index in [2.05, 4.69) is 47.1 Å². The Bertz CT molecular complexity index is 1540. The number of halogens is 1. The van der Waals surface area contributed by atoms with Crippen molar-refractivity contribution in [1.82, 2.24) is 40.6 Å². The Kier molecular flexibility index (Phi) is 6.98. The van der Waals surface area contributed by atoms with E-state index in [0.717, 1.165) is 64.8 Å². The molecule has 11 nitrogen and oxygen atoms in total. The first kappa shape index (κ1) is 26.1. The fourth-order valence-corrected chi connectivity index (χ4v) is 6.35. The molecule has 4 aromatic rings. The zero-order valence-electron chi connectivity index (χ0n) is 22.0. The maximum atomic E-state index is 12.4. The summed E-state index contributed by atoms with van der Waals surface area (Å²) in [6.45, 7) is 6.49. The van der Waals surface area contributed by atoms with Crippen molar-refractivity contribution < 1.29 is 9.53 Å². The van der Waals surface area contributed by atoms with E-state index < -0.39 is 0 Å². The molecule has 2 aliphatic rings. The number of aryl methyl sites for hydroxylation is 1. The van der Waals surface area contributed by atoms with Gasteiger partial charge in [0.15, 0.2) is 10.7 Å². The Labute approximate surface area is 238 Å². The number of aromatic nitrogens is 6. The first-order chi connectivity index (χ1) is 18.8. The molecule has 1 saturated carbocycles. The van der Waals surface area contributed by atoms with Crippen LogP contribution in [0.3, 0.4) is 0 Å². The Morgan fingerprint density at radius 3 is 2.90 bits per heavy atom. The number of anilines is 1. The van der Waals surface area contributed by atoms with Gasteiger partial charge in [0, 0.05) is 49.8 Å². The molecule has 39 heavy (non-hydrogen) atoms. The van der Waals surface area contributed by atoms with Gasteiger partial charge in [-0.15, -0.1) is 10.2 Å². The summed E-state index contributed by atoms with van der Waals surface area (Å²) in [5.74, 6) is 1.81. The van der Waals surface area contributed by atoms with Crippen LogP contribution in [0.25, 0.3) is 27.3 Å². The fourth-order valence-electron chi connectivity index (χ4n) is 5.19. The van der Waals surface area contributed by atoms with Gasteiger partial charge < -0.3 is 20.7 Å². The second-order valence-electron chi connectivity index (χ2n) is 10.5. The van der Waals surface area contributed by atoms with Crippen molar-refractivity contribution in [3.8, 4) is 22.0 Å². The molecule has 0 spiro atoms. The van der Waals surface area contributed by atoms with E-state index in [9.17, 15) is 4.79 Å². The number of hydrogen-bond donors (Lipinski definition) is 3. The molecule has 0 bridgehead atoms. The van der Waals surface area contributed by atoms with Gasteiger partial charge in [-0.2, -0.15) is 10.1 Å². The van der Waals surface area contributed by atoms with Gasteiger partial charge >= 0.3 is 0 Å². The molecule has 1 aliphatic carbocycles. The van der Waals surface area contributed by atoms with Gasteiger partial charge in [0.05, 0.1) is 23.2 Å². The minimum Gasteiger partial charge on any atom is -0.492 e. The van der Waals surface area contributed by atoms with Crippen molar-refractivity contribution in [3.05, 3.63) is 34.0 Å². The summed E-state index contributed by atoms with van der Waals surface area (Å²) in [6, 6.07) is 6.09. The molecule has 2 fully saturated rings.